The Kier molecular flexibility index (Phi) is 3.79. The van der Waals surface area contributed by atoms with E-state index in [2.05, 4.69) is 0 Å². The van der Waals surface area contributed by atoms with Gasteiger partial charge in [-0.05, 0) is 30.7 Å². The largest absolute Gasteiger partial charge is 0.459 e. The smallest absolute Gasteiger partial charge is 0.294 e. The summed E-state index contributed by atoms with van der Waals surface area (Å²) in [5, 5.41) is 0. The number of nitrogens with zero attached hydrogens (tertiary/aromatic N) is 1. The van der Waals surface area contributed by atoms with Gasteiger partial charge in [-0.1, -0.05) is 18.2 Å². The molecule has 0 aliphatic rings. The van der Waals surface area contributed by atoms with E-state index in [4.69, 9.17) is 10.2 Å². The maximum Gasteiger partial charge on any atom is 0.294 e. The molecule has 94 valence electrons. The van der Waals surface area contributed by atoms with Gasteiger partial charge in [0.05, 0.1) is 6.26 Å². The highest BCUT2D eigenvalue weighted by Gasteiger charge is 2.20. The topological polar surface area (TPSA) is 59.5 Å². The van der Waals surface area contributed by atoms with Gasteiger partial charge in [0.25, 0.3) is 5.91 Å². The van der Waals surface area contributed by atoms with Crippen molar-refractivity contribution in [2.24, 2.45) is 5.73 Å². The van der Waals surface area contributed by atoms with Crippen molar-refractivity contribution in [3.63, 3.8) is 0 Å². The van der Waals surface area contributed by atoms with E-state index in [0.29, 0.717) is 18.8 Å². The second-order valence-corrected chi connectivity index (χ2v) is 4.01. The first kappa shape index (κ1) is 12.4. The normalized spacial score (nSPS) is 10.3. The van der Waals surface area contributed by atoms with Crippen LogP contribution in [-0.4, -0.2) is 19.0 Å². The number of benzene rings is 1. The first-order chi connectivity index (χ1) is 8.74. The zero-order valence-corrected chi connectivity index (χ0v) is 10.3. The molecule has 1 amide bonds. The van der Waals surface area contributed by atoms with Crippen molar-refractivity contribution in [2.75, 3.05) is 18.0 Å². The number of nitrogens with two attached hydrogens (primary N) is 1. The average Bonchev–Trinajstić information content (AvgIpc) is 2.90. The van der Waals surface area contributed by atoms with Crippen LogP contribution in [0.15, 0.2) is 47.1 Å². The van der Waals surface area contributed by atoms with E-state index < -0.39 is 0 Å². The van der Waals surface area contributed by atoms with Crippen molar-refractivity contribution < 1.29 is 9.21 Å². The molecule has 0 saturated heterocycles. The van der Waals surface area contributed by atoms with Gasteiger partial charge in [0.15, 0.2) is 5.76 Å². The summed E-state index contributed by atoms with van der Waals surface area (Å²) in [5.74, 6) is 0.159. The molecule has 0 fully saturated rings. The molecule has 2 aromatic rings. The highest BCUT2D eigenvalue weighted by atomic mass is 16.3. The summed E-state index contributed by atoms with van der Waals surface area (Å²) in [6.45, 7) is 2.83. The molecule has 0 saturated carbocycles. The quantitative estimate of drug-likeness (QED) is 0.896. The third kappa shape index (κ3) is 2.43. The zero-order chi connectivity index (χ0) is 13.0. The number of hydrogen-bond donors (Lipinski definition) is 1. The standard InChI is InChI=1S/C14H16N2O2/c1-11-5-2-3-6-12(11)16(9-8-15)14(17)13-7-4-10-18-13/h2-7,10H,8-9,15H2,1H3. The number of carbonyl (C=O) groups excluding carboxylic acids is 1. The maximum absolute atomic E-state index is 12.3. The number of anilines is 1. The predicted molar refractivity (Wildman–Crippen MR) is 70.6 cm³/mol. The summed E-state index contributed by atoms with van der Waals surface area (Å²) in [4.78, 5) is 14.0. The number of furan rings is 1. The van der Waals surface area contributed by atoms with Crippen LogP contribution < -0.4 is 10.6 Å². The van der Waals surface area contributed by atoms with Gasteiger partial charge >= 0.3 is 0 Å². The van der Waals surface area contributed by atoms with E-state index >= 15 is 0 Å². The van der Waals surface area contributed by atoms with Crippen molar-refractivity contribution in [1.82, 2.24) is 0 Å². The molecule has 18 heavy (non-hydrogen) atoms. The van der Waals surface area contributed by atoms with E-state index in [9.17, 15) is 4.79 Å². The highest BCUT2D eigenvalue weighted by molar-refractivity contribution is 6.04. The van der Waals surface area contributed by atoms with Crippen LogP contribution in [0.4, 0.5) is 5.69 Å². The summed E-state index contributed by atoms with van der Waals surface area (Å²) >= 11 is 0. The Morgan fingerprint density at radius 3 is 2.67 bits per heavy atom. The number of carbonyl (C=O) groups is 1. The van der Waals surface area contributed by atoms with Gasteiger partial charge in [0, 0.05) is 18.8 Å². The molecule has 1 aromatic carbocycles. The fourth-order valence-corrected chi connectivity index (χ4v) is 1.86. The minimum absolute atomic E-state index is 0.167. The second-order valence-electron chi connectivity index (χ2n) is 4.01. The van der Waals surface area contributed by atoms with E-state index in [0.717, 1.165) is 11.3 Å². The van der Waals surface area contributed by atoms with E-state index in [1.807, 2.05) is 31.2 Å². The molecule has 4 heteroatoms. The van der Waals surface area contributed by atoms with E-state index in [1.165, 1.54) is 6.26 Å². The molecule has 0 atom stereocenters. The van der Waals surface area contributed by atoms with Crippen LogP contribution in [0.1, 0.15) is 16.1 Å². The number of hydrogen-bond acceptors (Lipinski definition) is 3. The molecule has 0 aliphatic carbocycles. The van der Waals surface area contributed by atoms with Gasteiger partial charge < -0.3 is 15.1 Å². The van der Waals surface area contributed by atoms with Gasteiger partial charge in [-0.2, -0.15) is 0 Å². The average molecular weight is 244 g/mol. The Bertz CT molecular complexity index is 520. The third-order valence-electron chi connectivity index (χ3n) is 2.74. The Morgan fingerprint density at radius 2 is 2.06 bits per heavy atom. The van der Waals surface area contributed by atoms with Crippen molar-refractivity contribution in [3.8, 4) is 0 Å². The first-order valence-electron chi connectivity index (χ1n) is 5.85. The lowest BCUT2D eigenvalue weighted by atomic mass is 10.1. The molecule has 2 rings (SSSR count). The van der Waals surface area contributed by atoms with Crippen LogP contribution in [0.2, 0.25) is 0 Å². The van der Waals surface area contributed by atoms with Crippen LogP contribution in [0.5, 0.6) is 0 Å². The molecule has 1 heterocycles. The lowest BCUT2D eigenvalue weighted by Crippen LogP contribution is -2.35. The second kappa shape index (κ2) is 5.51. The van der Waals surface area contributed by atoms with Crippen molar-refractivity contribution in [3.05, 3.63) is 54.0 Å². The van der Waals surface area contributed by atoms with Gasteiger partial charge in [-0.3, -0.25) is 4.79 Å². The van der Waals surface area contributed by atoms with Gasteiger partial charge in [-0.15, -0.1) is 0 Å². The number of para-hydroxylation sites is 1. The summed E-state index contributed by atoms with van der Waals surface area (Å²) in [6.07, 6.45) is 1.49. The van der Waals surface area contributed by atoms with Gasteiger partial charge in [0.1, 0.15) is 0 Å². The van der Waals surface area contributed by atoms with Crippen LogP contribution >= 0.6 is 0 Å². The van der Waals surface area contributed by atoms with Gasteiger partial charge in [0.2, 0.25) is 0 Å². The van der Waals surface area contributed by atoms with E-state index in [1.54, 1.807) is 17.0 Å². The summed E-state index contributed by atoms with van der Waals surface area (Å²) in [7, 11) is 0. The lowest BCUT2D eigenvalue weighted by Gasteiger charge is -2.22. The third-order valence-corrected chi connectivity index (χ3v) is 2.74. The Labute approximate surface area is 106 Å². The molecule has 0 spiro atoms. The van der Waals surface area contributed by atoms with Crippen LogP contribution in [0, 0.1) is 6.92 Å². The molecule has 0 aliphatic heterocycles. The first-order valence-corrected chi connectivity index (χ1v) is 5.85. The molecule has 1 aromatic heterocycles. The molecule has 0 radical (unpaired) electrons. The minimum Gasteiger partial charge on any atom is -0.459 e. The van der Waals surface area contributed by atoms with Crippen molar-refractivity contribution >= 4 is 11.6 Å². The zero-order valence-electron chi connectivity index (χ0n) is 10.3. The minimum atomic E-state index is -0.167. The predicted octanol–water partition coefficient (Wildman–Crippen LogP) is 2.19. The van der Waals surface area contributed by atoms with Gasteiger partial charge in [-0.25, -0.2) is 0 Å². The van der Waals surface area contributed by atoms with Crippen molar-refractivity contribution in [2.45, 2.75) is 6.92 Å². The molecular formula is C14H16N2O2. The molecule has 0 unspecified atom stereocenters. The van der Waals surface area contributed by atoms with E-state index in [-0.39, 0.29) is 5.91 Å². The lowest BCUT2D eigenvalue weighted by molar-refractivity contribution is 0.0961. The fourth-order valence-electron chi connectivity index (χ4n) is 1.86. The molecule has 2 N–H and O–H groups in total. The SMILES string of the molecule is Cc1ccccc1N(CCN)C(=O)c1ccco1. The van der Waals surface area contributed by atoms with Crippen LogP contribution in [0.25, 0.3) is 0 Å². The summed E-state index contributed by atoms with van der Waals surface area (Å²) in [5.41, 5.74) is 7.48. The number of aryl methyl sites for hydroxylation is 1. The summed E-state index contributed by atoms with van der Waals surface area (Å²) < 4.78 is 5.15. The highest BCUT2D eigenvalue weighted by Crippen LogP contribution is 2.21. The van der Waals surface area contributed by atoms with Crippen LogP contribution in [0.3, 0.4) is 0 Å². The van der Waals surface area contributed by atoms with Crippen LogP contribution in [-0.2, 0) is 0 Å². The summed E-state index contributed by atoms with van der Waals surface area (Å²) in [6, 6.07) is 11.1. The maximum atomic E-state index is 12.3. The molecule has 4 nitrogen and oxygen atoms in total. The monoisotopic (exact) mass is 244 g/mol. The number of amides is 1. The van der Waals surface area contributed by atoms with Crippen molar-refractivity contribution in [1.29, 1.82) is 0 Å². The Hall–Kier alpha value is -2.07. The Balaban J connectivity index is 2.34. The molecular weight excluding hydrogens is 228 g/mol. The molecule has 0 bridgehead atoms. The fraction of sp³-hybridized carbons (Fsp3) is 0.214. The Morgan fingerprint density at radius 1 is 1.28 bits per heavy atom. The number of rotatable bonds is 4.